The second-order valence-electron chi connectivity index (χ2n) is 6.00. The van der Waals surface area contributed by atoms with Gasteiger partial charge in [-0.15, -0.1) is 0 Å². The molecular formula is C16H22F2N2O. The maximum atomic E-state index is 13.6. The maximum absolute atomic E-state index is 13.6. The molecule has 1 aliphatic rings. The van der Waals surface area contributed by atoms with E-state index in [-0.39, 0.29) is 23.9 Å². The number of hydrogen-bond donors (Lipinski definition) is 2. The van der Waals surface area contributed by atoms with Crippen LogP contribution >= 0.6 is 0 Å². The van der Waals surface area contributed by atoms with Crippen LogP contribution in [0.25, 0.3) is 0 Å². The van der Waals surface area contributed by atoms with Crippen LogP contribution in [-0.4, -0.2) is 17.5 Å². The summed E-state index contributed by atoms with van der Waals surface area (Å²) in [6, 6.07) is 3.40. The lowest BCUT2D eigenvalue weighted by molar-refractivity contribution is -0.128. The summed E-state index contributed by atoms with van der Waals surface area (Å²) in [6.45, 7) is 1.73. The number of carbonyl (C=O) groups is 1. The van der Waals surface area contributed by atoms with E-state index in [0.717, 1.165) is 19.3 Å². The van der Waals surface area contributed by atoms with Gasteiger partial charge in [0.2, 0.25) is 5.91 Å². The van der Waals surface area contributed by atoms with Gasteiger partial charge in [-0.25, -0.2) is 8.78 Å². The Bertz CT molecular complexity index is 493. The lowest BCUT2D eigenvalue weighted by atomic mass is 9.81. The summed E-state index contributed by atoms with van der Waals surface area (Å²) in [5, 5.41) is 2.80. The number of amides is 1. The molecule has 0 heterocycles. The van der Waals surface area contributed by atoms with E-state index in [4.69, 9.17) is 5.73 Å². The number of halogens is 2. The van der Waals surface area contributed by atoms with Crippen molar-refractivity contribution in [1.29, 1.82) is 0 Å². The Balaban J connectivity index is 1.98. The first-order chi connectivity index (χ1) is 9.92. The smallest absolute Gasteiger partial charge is 0.240 e. The van der Waals surface area contributed by atoms with E-state index in [1.54, 1.807) is 6.92 Å². The third-order valence-corrected chi connectivity index (χ3v) is 4.15. The molecule has 1 aliphatic carbocycles. The van der Waals surface area contributed by atoms with Gasteiger partial charge in [0.05, 0.1) is 5.54 Å². The molecule has 116 valence electrons. The molecule has 21 heavy (non-hydrogen) atoms. The Morgan fingerprint density at radius 3 is 2.43 bits per heavy atom. The van der Waals surface area contributed by atoms with Gasteiger partial charge < -0.3 is 11.1 Å². The molecule has 1 aromatic rings. The van der Waals surface area contributed by atoms with Crippen molar-refractivity contribution in [2.45, 2.75) is 57.0 Å². The predicted molar refractivity (Wildman–Crippen MR) is 77.7 cm³/mol. The van der Waals surface area contributed by atoms with Crippen LogP contribution in [-0.2, 0) is 11.2 Å². The largest absolute Gasteiger partial charge is 0.352 e. The van der Waals surface area contributed by atoms with Gasteiger partial charge in [0.1, 0.15) is 11.6 Å². The van der Waals surface area contributed by atoms with E-state index >= 15 is 0 Å². The summed E-state index contributed by atoms with van der Waals surface area (Å²) in [5.41, 5.74) is 5.31. The van der Waals surface area contributed by atoms with Crippen LogP contribution in [0.15, 0.2) is 18.2 Å². The number of hydrogen-bond acceptors (Lipinski definition) is 2. The van der Waals surface area contributed by atoms with Crippen LogP contribution in [0.1, 0.15) is 44.6 Å². The first-order valence-electron chi connectivity index (χ1n) is 7.45. The van der Waals surface area contributed by atoms with Crippen LogP contribution in [0.3, 0.4) is 0 Å². The van der Waals surface area contributed by atoms with Crippen LogP contribution in [0.5, 0.6) is 0 Å². The highest BCUT2D eigenvalue weighted by atomic mass is 19.1. The van der Waals surface area contributed by atoms with Crippen LogP contribution in [0.2, 0.25) is 0 Å². The molecule has 0 aliphatic heterocycles. The molecule has 1 amide bonds. The van der Waals surface area contributed by atoms with Crippen molar-refractivity contribution in [2.24, 2.45) is 5.73 Å². The standard InChI is InChI=1S/C16H22F2N2O/c1-11(10-12-13(17)6-5-7-14(12)18)20-15(21)16(19)8-3-2-4-9-16/h5-7,11H,2-4,8-10,19H2,1H3,(H,20,21). The van der Waals surface area contributed by atoms with E-state index in [1.807, 2.05) is 0 Å². The fourth-order valence-corrected chi connectivity index (χ4v) is 2.86. The van der Waals surface area contributed by atoms with Gasteiger partial charge in [0.15, 0.2) is 0 Å². The summed E-state index contributed by atoms with van der Waals surface area (Å²) in [4.78, 5) is 12.3. The predicted octanol–water partition coefficient (Wildman–Crippen LogP) is 2.67. The average Bonchev–Trinajstić information content (AvgIpc) is 2.44. The van der Waals surface area contributed by atoms with Crippen molar-refractivity contribution in [1.82, 2.24) is 5.32 Å². The van der Waals surface area contributed by atoms with Gasteiger partial charge in [-0.2, -0.15) is 0 Å². The van der Waals surface area contributed by atoms with Crippen molar-refractivity contribution < 1.29 is 13.6 Å². The molecule has 2 rings (SSSR count). The van der Waals surface area contributed by atoms with Gasteiger partial charge >= 0.3 is 0 Å². The molecule has 1 fully saturated rings. The first-order valence-corrected chi connectivity index (χ1v) is 7.45. The third-order valence-electron chi connectivity index (χ3n) is 4.15. The fraction of sp³-hybridized carbons (Fsp3) is 0.562. The van der Waals surface area contributed by atoms with E-state index in [1.165, 1.54) is 18.2 Å². The lowest BCUT2D eigenvalue weighted by Crippen LogP contribution is -2.56. The molecule has 1 atom stereocenters. The van der Waals surface area contributed by atoms with E-state index in [2.05, 4.69) is 5.32 Å². The molecule has 0 saturated heterocycles. The second kappa shape index (κ2) is 6.52. The summed E-state index contributed by atoms with van der Waals surface area (Å²) >= 11 is 0. The number of rotatable bonds is 4. The zero-order valence-corrected chi connectivity index (χ0v) is 12.3. The minimum Gasteiger partial charge on any atom is -0.352 e. The molecule has 1 saturated carbocycles. The summed E-state index contributed by atoms with van der Waals surface area (Å²) in [6.07, 6.45) is 4.43. The minimum atomic E-state index is -0.833. The summed E-state index contributed by atoms with van der Waals surface area (Å²) in [7, 11) is 0. The van der Waals surface area contributed by atoms with E-state index in [0.29, 0.717) is 12.8 Å². The number of benzene rings is 1. The Kier molecular flexibility index (Phi) is 4.93. The maximum Gasteiger partial charge on any atom is 0.240 e. The molecule has 1 unspecified atom stereocenters. The monoisotopic (exact) mass is 296 g/mol. The van der Waals surface area contributed by atoms with Crippen molar-refractivity contribution in [2.75, 3.05) is 0 Å². The molecular weight excluding hydrogens is 274 g/mol. The Morgan fingerprint density at radius 2 is 1.86 bits per heavy atom. The van der Waals surface area contributed by atoms with Gasteiger partial charge in [0.25, 0.3) is 0 Å². The third kappa shape index (κ3) is 3.79. The lowest BCUT2D eigenvalue weighted by Gasteiger charge is -2.33. The molecule has 0 bridgehead atoms. The van der Waals surface area contributed by atoms with Crippen molar-refractivity contribution >= 4 is 5.91 Å². The van der Waals surface area contributed by atoms with Gasteiger partial charge in [-0.3, -0.25) is 4.79 Å². The second-order valence-corrected chi connectivity index (χ2v) is 6.00. The number of nitrogens with one attached hydrogen (secondary N) is 1. The zero-order valence-electron chi connectivity index (χ0n) is 12.3. The van der Waals surface area contributed by atoms with E-state index < -0.39 is 17.2 Å². The van der Waals surface area contributed by atoms with Gasteiger partial charge in [-0.1, -0.05) is 25.3 Å². The van der Waals surface area contributed by atoms with Crippen LogP contribution < -0.4 is 11.1 Å². The quantitative estimate of drug-likeness (QED) is 0.897. The fourth-order valence-electron chi connectivity index (χ4n) is 2.86. The van der Waals surface area contributed by atoms with Gasteiger partial charge in [0, 0.05) is 11.6 Å². The van der Waals surface area contributed by atoms with E-state index in [9.17, 15) is 13.6 Å². The highest BCUT2D eigenvalue weighted by Gasteiger charge is 2.35. The molecule has 0 radical (unpaired) electrons. The van der Waals surface area contributed by atoms with Crippen molar-refractivity contribution in [3.63, 3.8) is 0 Å². The Hall–Kier alpha value is -1.49. The molecule has 1 aromatic carbocycles. The molecule has 3 nitrogen and oxygen atoms in total. The SMILES string of the molecule is CC(Cc1c(F)cccc1F)NC(=O)C1(N)CCCCC1. The molecule has 0 aromatic heterocycles. The van der Waals surface area contributed by atoms with Crippen LogP contribution in [0.4, 0.5) is 8.78 Å². The average molecular weight is 296 g/mol. The summed E-state index contributed by atoms with van der Waals surface area (Å²) < 4.78 is 27.2. The highest BCUT2D eigenvalue weighted by Crippen LogP contribution is 2.26. The molecule has 3 N–H and O–H groups in total. The number of carbonyl (C=O) groups excluding carboxylic acids is 1. The van der Waals surface area contributed by atoms with Crippen LogP contribution in [0, 0.1) is 11.6 Å². The van der Waals surface area contributed by atoms with Crippen molar-refractivity contribution in [3.05, 3.63) is 35.4 Å². The van der Waals surface area contributed by atoms with Crippen molar-refractivity contribution in [3.8, 4) is 0 Å². The summed E-state index contributed by atoms with van der Waals surface area (Å²) in [5.74, 6) is -1.39. The molecule has 5 heteroatoms. The normalized spacial score (nSPS) is 19.0. The Labute approximate surface area is 123 Å². The topological polar surface area (TPSA) is 55.1 Å². The zero-order chi connectivity index (χ0) is 15.5. The Morgan fingerprint density at radius 1 is 1.29 bits per heavy atom. The highest BCUT2D eigenvalue weighted by molar-refractivity contribution is 5.86. The van der Waals surface area contributed by atoms with Gasteiger partial charge in [-0.05, 0) is 38.3 Å². The molecule has 0 spiro atoms. The minimum absolute atomic E-state index is 0.0000144. The number of nitrogens with two attached hydrogens (primary N) is 1. The first kappa shape index (κ1) is 15.9.